The van der Waals surface area contributed by atoms with Crippen LogP contribution in [0.1, 0.15) is 23.3 Å². The van der Waals surface area contributed by atoms with E-state index < -0.39 is 0 Å². The van der Waals surface area contributed by atoms with E-state index in [-0.39, 0.29) is 17.4 Å². The number of piperidine rings is 3. The van der Waals surface area contributed by atoms with Crippen molar-refractivity contribution in [2.45, 2.75) is 18.9 Å². The molecule has 1 aromatic heterocycles. The lowest BCUT2D eigenvalue weighted by Crippen LogP contribution is -2.57. The van der Waals surface area contributed by atoms with Gasteiger partial charge in [-0.1, -0.05) is 12.1 Å². The number of rotatable bonds is 2. The molecule has 0 saturated carbocycles. The van der Waals surface area contributed by atoms with Gasteiger partial charge in [0.15, 0.2) is 5.43 Å². The fraction of sp³-hybridized carbons (Fsp3) is 0.412. The third-order valence-corrected chi connectivity index (χ3v) is 4.95. The van der Waals surface area contributed by atoms with E-state index in [1.807, 2.05) is 18.2 Å². The van der Waals surface area contributed by atoms with E-state index in [1.54, 1.807) is 6.07 Å². The Hall–Kier alpha value is -2.14. The van der Waals surface area contributed by atoms with E-state index >= 15 is 0 Å². The van der Waals surface area contributed by atoms with Gasteiger partial charge in [0.05, 0.1) is 0 Å². The maximum absolute atomic E-state index is 12.5. The number of carbonyl (C=O) groups excluding carboxylic acids is 1. The van der Waals surface area contributed by atoms with Gasteiger partial charge in [0.2, 0.25) is 0 Å². The Morgan fingerprint density at radius 2 is 2.00 bits per heavy atom. The number of hydrogen-bond acceptors (Lipinski definition) is 3. The van der Waals surface area contributed by atoms with Crippen molar-refractivity contribution >= 4 is 16.8 Å². The minimum absolute atomic E-state index is 0.117. The molecule has 3 fully saturated rings. The van der Waals surface area contributed by atoms with Crippen LogP contribution in [0.3, 0.4) is 0 Å². The highest BCUT2D eigenvalue weighted by Gasteiger charge is 2.35. The summed E-state index contributed by atoms with van der Waals surface area (Å²) in [4.78, 5) is 30.1. The lowest BCUT2D eigenvalue weighted by atomic mass is 9.84. The van der Waals surface area contributed by atoms with Gasteiger partial charge in [-0.2, -0.15) is 0 Å². The summed E-state index contributed by atoms with van der Waals surface area (Å²) in [7, 11) is 0. The average molecular weight is 297 g/mol. The smallest absolute Gasteiger partial charge is 0.268 e. The number of nitrogens with one attached hydrogen (secondary N) is 2. The zero-order chi connectivity index (χ0) is 15.1. The first-order chi connectivity index (χ1) is 10.7. The molecular weight excluding hydrogens is 278 g/mol. The van der Waals surface area contributed by atoms with Crippen molar-refractivity contribution in [2.75, 3.05) is 19.6 Å². The molecule has 0 spiro atoms. The molecular formula is C17H19N3O2. The molecule has 5 nitrogen and oxygen atoms in total. The van der Waals surface area contributed by atoms with Gasteiger partial charge in [-0.3, -0.25) is 9.59 Å². The Bertz CT molecular complexity index is 775. The second-order valence-electron chi connectivity index (χ2n) is 6.31. The predicted molar refractivity (Wildman–Crippen MR) is 85.0 cm³/mol. The molecule has 1 aromatic carbocycles. The summed E-state index contributed by atoms with van der Waals surface area (Å²) in [6, 6.07) is 8.87. The highest BCUT2D eigenvalue weighted by atomic mass is 16.2. The molecule has 1 atom stereocenters. The van der Waals surface area contributed by atoms with Crippen LogP contribution in [0.5, 0.6) is 0 Å². The maximum atomic E-state index is 12.5. The van der Waals surface area contributed by atoms with Gasteiger partial charge in [-0.15, -0.1) is 0 Å². The van der Waals surface area contributed by atoms with Crippen LogP contribution in [-0.4, -0.2) is 41.5 Å². The molecule has 114 valence electrons. The Balaban J connectivity index is 1.59. The second-order valence-corrected chi connectivity index (χ2v) is 6.31. The Morgan fingerprint density at radius 3 is 2.73 bits per heavy atom. The number of aromatic nitrogens is 1. The number of H-pyrrole nitrogens is 1. The van der Waals surface area contributed by atoms with Crippen LogP contribution >= 0.6 is 0 Å². The molecule has 3 aliphatic rings. The molecule has 22 heavy (non-hydrogen) atoms. The van der Waals surface area contributed by atoms with Gasteiger partial charge in [0.25, 0.3) is 5.91 Å². The number of nitrogens with zero attached hydrogens (tertiary/aromatic N) is 1. The first-order valence-corrected chi connectivity index (χ1v) is 7.86. The third-order valence-electron chi connectivity index (χ3n) is 4.95. The van der Waals surface area contributed by atoms with Gasteiger partial charge in [0.1, 0.15) is 5.69 Å². The van der Waals surface area contributed by atoms with Crippen molar-refractivity contribution in [3.8, 4) is 0 Å². The molecule has 5 rings (SSSR count). The molecule has 0 aliphatic carbocycles. The summed E-state index contributed by atoms with van der Waals surface area (Å²) in [5.74, 6) is 0.391. The fourth-order valence-electron chi connectivity index (χ4n) is 3.69. The highest BCUT2D eigenvalue weighted by Crippen LogP contribution is 2.27. The molecule has 1 unspecified atom stereocenters. The SMILES string of the molecule is O=C(NC1CN2CCC1CC2)c1cc(=O)c2ccccc2[nH]1. The van der Waals surface area contributed by atoms with Crippen molar-refractivity contribution in [3.05, 3.63) is 46.2 Å². The van der Waals surface area contributed by atoms with Crippen molar-refractivity contribution < 1.29 is 4.79 Å². The molecule has 2 N–H and O–H groups in total. The van der Waals surface area contributed by atoms with E-state index in [2.05, 4.69) is 15.2 Å². The number of aromatic amines is 1. The molecule has 1 amide bonds. The monoisotopic (exact) mass is 297 g/mol. The lowest BCUT2D eigenvalue weighted by Gasteiger charge is -2.44. The van der Waals surface area contributed by atoms with Crippen molar-refractivity contribution in [3.63, 3.8) is 0 Å². The first-order valence-electron chi connectivity index (χ1n) is 7.86. The zero-order valence-corrected chi connectivity index (χ0v) is 12.3. The van der Waals surface area contributed by atoms with Gasteiger partial charge >= 0.3 is 0 Å². The van der Waals surface area contributed by atoms with Crippen LogP contribution in [0.25, 0.3) is 10.9 Å². The lowest BCUT2D eigenvalue weighted by molar-refractivity contribution is 0.0618. The molecule has 0 radical (unpaired) electrons. The van der Waals surface area contributed by atoms with Gasteiger partial charge in [0, 0.05) is 29.6 Å². The Kier molecular flexibility index (Phi) is 3.22. The quantitative estimate of drug-likeness (QED) is 0.879. The zero-order valence-electron chi connectivity index (χ0n) is 12.3. The van der Waals surface area contributed by atoms with E-state index in [0.29, 0.717) is 22.5 Å². The van der Waals surface area contributed by atoms with Gasteiger partial charge < -0.3 is 15.2 Å². The number of fused-ring (bicyclic) bond motifs is 4. The minimum Gasteiger partial charge on any atom is -0.350 e. The second kappa shape index (κ2) is 5.25. The Labute approximate surface area is 128 Å². The number of amides is 1. The van der Waals surface area contributed by atoms with Gasteiger partial charge in [-0.25, -0.2) is 0 Å². The summed E-state index contributed by atoms with van der Waals surface area (Å²) in [6.07, 6.45) is 2.30. The molecule has 2 bridgehead atoms. The number of pyridine rings is 1. The molecule has 5 heteroatoms. The van der Waals surface area contributed by atoms with Crippen LogP contribution < -0.4 is 10.7 Å². The number of carbonyl (C=O) groups is 1. The molecule has 4 heterocycles. The summed E-state index contributed by atoms with van der Waals surface area (Å²) in [6.45, 7) is 3.21. The standard InChI is InChI=1S/C17H19N3O2/c21-16-9-14(18-13-4-2-1-3-12(13)16)17(22)19-15-10-20-7-5-11(15)6-8-20/h1-4,9,11,15H,5-8,10H2,(H,18,21)(H,19,22). The topological polar surface area (TPSA) is 65.2 Å². The predicted octanol–water partition coefficient (Wildman–Crippen LogP) is 1.35. The van der Waals surface area contributed by atoms with Crippen LogP contribution in [0.4, 0.5) is 0 Å². The van der Waals surface area contributed by atoms with Crippen molar-refractivity contribution in [2.24, 2.45) is 5.92 Å². The highest BCUT2D eigenvalue weighted by molar-refractivity contribution is 5.95. The summed E-state index contributed by atoms with van der Waals surface area (Å²) >= 11 is 0. The van der Waals surface area contributed by atoms with Crippen LogP contribution in [0.15, 0.2) is 35.1 Å². The average Bonchev–Trinajstić information content (AvgIpc) is 2.56. The van der Waals surface area contributed by atoms with Crippen LogP contribution in [0.2, 0.25) is 0 Å². The van der Waals surface area contributed by atoms with E-state index in [1.165, 1.54) is 6.07 Å². The maximum Gasteiger partial charge on any atom is 0.268 e. The summed E-state index contributed by atoms with van der Waals surface area (Å²) < 4.78 is 0. The summed E-state index contributed by atoms with van der Waals surface area (Å²) in [5.41, 5.74) is 0.933. The molecule has 2 aromatic rings. The molecule has 3 aliphatic heterocycles. The minimum atomic E-state index is -0.179. The van der Waals surface area contributed by atoms with E-state index in [9.17, 15) is 9.59 Å². The normalized spacial score (nSPS) is 27.0. The van der Waals surface area contributed by atoms with Crippen LogP contribution in [-0.2, 0) is 0 Å². The number of para-hydroxylation sites is 1. The first kappa shape index (κ1) is 13.5. The van der Waals surface area contributed by atoms with E-state index in [0.717, 1.165) is 32.5 Å². The number of hydrogen-bond donors (Lipinski definition) is 2. The number of benzene rings is 1. The Morgan fingerprint density at radius 1 is 1.23 bits per heavy atom. The summed E-state index contributed by atoms with van der Waals surface area (Å²) in [5, 5.41) is 3.72. The van der Waals surface area contributed by atoms with Gasteiger partial charge in [-0.05, 0) is 44.0 Å². The fourth-order valence-corrected chi connectivity index (χ4v) is 3.69. The third kappa shape index (κ3) is 2.31. The van der Waals surface area contributed by atoms with Crippen molar-refractivity contribution in [1.82, 2.24) is 15.2 Å². The van der Waals surface area contributed by atoms with Crippen molar-refractivity contribution in [1.29, 1.82) is 0 Å². The van der Waals surface area contributed by atoms with Crippen LogP contribution in [0, 0.1) is 5.92 Å². The molecule has 3 saturated heterocycles. The largest absolute Gasteiger partial charge is 0.350 e. The van der Waals surface area contributed by atoms with E-state index in [4.69, 9.17) is 0 Å².